The van der Waals surface area contributed by atoms with E-state index in [1.54, 1.807) is 10.6 Å². The van der Waals surface area contributed by atoms with Gasteiger partial charge in [-0.05, 0) is 24.5 Å². The van der Waals surface area contributed by atoms with Crippen LogP contribution in [0.25, 0.3) is 10.9 Å². The minimum Gasteiger partial charge on any atom is -0.287 e. The Morgan fingerprint density at radius 1 is 1.29 bits per heavy atom. The summed E-state index contributed by atoms with van der Waals surface area (Å²) in [4.78, 5) is 17.4. The van der Waals surface area contributed by atoms with Crippen molar-refractivity contribution < 1.29 is 0 Å². The highest BCUT2D eigenvalue weighted by molar-refractivity contribution is 7.99. The second-order valence-corrected chi connectivity index (χ2v) is 7.04. The number of hydrogen-bond acceptors (Lipinski definition) is 5. The van der Waals surface area contributed by atoms with Gasteiger partial charge in [0.2, 0.25) is 0 Å². The third-order valence-electron chi connectivity index (χ3n) is 3.58. The summed E-state index contributed by atoms with van der Waals surface area (Å²) in [7, 11) is 0. The smallest absolute Gasteiger partial charge is 0.262 e. The van der Waals surface area contributed by atoms with Crippen LogP contribution in [0.5, 0.6) is 0 Å². The van der Waals surface area contributed by atoms with Gasteiger partial charge in [0, 0.05) is 18.7 Å². The van der Waals surface area contributed by atoms with E-state index in [0.29, 0.717) is 47.1 Å². The van der Waals surface area contributed by atoms with Crippen LogP contribution in [-0.2, 0) is 6.54 Å². The topological polar surface area (TPSA) is 82.5 Å². The molecule has 0 saturated heterocycles. The number of para-hydroxylation sites is 1. The lowest BCUT2D eigenvalue weighted by molar-refractivity contribution is 0.475. The van der Waals surface area contributed by atoms with Crippen LogP contribution < -0.4 is 5.56 Å². The fourth-order valence-electron chi connectivity index (χ4n) is 2.38. The summed E-state index contributed by atoms with van der Waals surface area (Å²) in [6, 6.07) is 11.6. The van der Waals surface area contributed by atoms with Crippen LogP contribution in [0.1, 0.15) is 26.7 Å². The van der Waals surface area contributed by atoms with Crippen molar-refractivity contribution in [1.29, 1.82) is 10.5 Å². The molecular formula is C18H20N4OS. The molecule has 5 nitrogen and oxygen atoms in total. The van der Waals surface area contributed by atoms with E-state index in [-0.39, 0.29) is 11.5 Å². The van der Waals surface area contributed by atoms with Crippen LogP contribution in [0, 0.1) is 34.5 Å². The minimum atomic E-state index is -0.217. The summed E-state index contributed by atoms with van der Waals surface area (Å²) in [5.74, 6) is 0.627. The number of aromatic nitrogens is 2. The molecule has 0 saturated carbocycles. The quantitative estimate of drug-likeness (QED) is 0.568. The van der Waals surface area contributed by atoms with Crippen molar-refractivity contribution in [3.05, 3.63) is 34.6 Å². The lowest BCUT2D eigenvalue weighted by Crippen LogP contribution is -2.25. The van der Waals surface area contributed by atoms with E-state index in [2.05, 4.69) is 31.0 Å². The molecule has 1 heterocycles. The SMILES string of the molecule is CC(C)Cn1c(SC[C@H](C#N)CCC#N)nc2ccccc2c1=O. The Morgan fingerprint density at radius 3 is 2.71 bits per heavy atom. The van der Waals surface area contributed by atoms with Crippen LogP contribution >= 0.6 is 11.8 Å². The Morgan fingerprint density at radius 2 is 2.04 bits per heavy atom. The molecule has 6 heteroatoms. The minimum absolute atomic E-state index is 0.0395. The van der Waals surface area contributed by atoms with Gasteiger partial charge in [-0.15, -0.1) is 0 Å². The maximum Gasteiger partial charge on any atom is 0.262 e. The molecule has 0 amide bonds. The zero-order valence-corrected chi connectivity index (χ0v) is 14.7. The van der Waals surface area contributed by atoms with E-state index in [1.165, 1.54) is 11.8 Å². The first-order valence-corrected chi connectivity index (χ1v) is 8.94. The van der Waals surface area contributed by atoms with Crippen molar-refractivity contribution in [2.45, 2.75) is 38.4 Å². The predicted octanol–water partition coefficient (Wildman–Crippen LogP) is 3.59. The van der Waals surface area contributed by atoms with Crippen LogP contribution in [0.2, 0.25) is 0 Å². The van der Waals surface area contributed by atoms with E-state index in [1.807, 2.05) is 18.2 Å². The number of rotatable bonds is 7. The molecule has 0 aliphatic rings. The number of thioether (sulfide) groups is 1. The van der Waals surface area contributed by atoms with E-state index in [9.17, 15) is 10.1 Å². The molecule has 0 unspecified atom stereocenters. The Labute approximate surface area is 145 Å². The van der Waals surface area contributed by atoms with Gasteiger partial charge in [-0.25, -0.2) is 4.98 Å². The predicted molar refractivity (Wildman–Crippen MR) is 95.5 cm³/mol. The van der Waals surface area contributed by atoms with Crippen LogP contribution in [0.4, 0.5) is 0 Å². The summed E-state index contributed by atoms with van der Waals surface area (Å²) in [6.07, 6.45) is 0.907. The second kappa shape index (κ2) is 8.52. The summed E-state index contributed by atoms with van der Waals surface area (Å²) in [5.41, 5.74) is 0.637. The fraction of sp³-hybridized carbons (Fsp3) is 0.444. The van der Waals surface area contributed by atoms with Gasteiger partial charge in [0.1, 0.15) is 0 Å². The molecule has 1 aromatic carbocycles. The standard InChI is InChI=1S/C18H20N4OS/c1-13(2)11-22-17(23)15-7-3-4-8-16(15)21-18(22)24-12-14(10-20)6-5-9-19/h3-4,7-8,13-14H,5-6,11-12H2,1-2H3/t14-/m0/s1. The monoisotopic (exact) mass is 340 g/mol. The number of nitrogens with zero attached hydrogens (tertiary/aromatic N) is 4. The summed E-state index contributed by atoms with van der Waals surface area (Å²) in [5, 5.41) is 19.1. The number of hydrogen-bond donors (Lipinski definition) is 0. The first kappa shape index (κ1) is 18.0. The molecule has 1 atom stereocenters. The number of fused-ring (bicyclic) bond motifs is 1. The zero-order chi connectivity index (χ0) is 17.5. The molecule has 0 bridgehead atoms. The maximum atomic E-state index is 12.8. The Bertz CT molecular complexity index is 845. The molecule has 0 aliphatic heterocycles. The van der Waals surface area contributed by atoms with Crippen molar-refractivity contribution >= 4 is 22.7 Å². The largest absolute Gasteiger partial charge is 0.287 e. The van der Waals surface area contributed by atoms with Gasteiger partial charge in [0.15, 0.2) is 5.16 Å². The third kappa shape index (κ3) is 4.37. The maximum absolute atomic E-state index is 12.8. The van der Waals surface area contributed by atoms with Gasteiger partial charge in [0.05, 0.1) is 29.0 Å². The number of benzene rings is 1. The van der Waals surface area contributed by atoms with Crippen LogP contribution in [-0.4, -0.2) is 15.3 Å². The highest BCUT2D eigenvalue weighted by Gasteiger charge is 2.15. The molecule has 124 valence electrons. The van der Waals surface area contributed by atoms with Gasteiger partial charge in [-0.2, -0.15) is 10.5 Å². The first-order chi connectivity index (χ1) is 11.6. The van der Waals surface area contributed by atoms with Gasteiger partial charge in [-0.1, -0.05) is 37.7 Å². The van der Waals surface area contributed by atoms with Gasteiger partial charge < -0.3 is 0 Å². The molecule has 2 rings (SSSR count). The van der Waals surface area contributed by atoms with Gasteiger partial charge >= 0.3 is 0 Å². The highest BCUT2D eigenvalue weighted by atomic mass is 32.2. The highest BCUT2D eigenvalue weighted by Crippen LogP contribution is 2.22. The van der Waals surface area contributed by atoms with Crippen LogP contribution in [0.3, 0.4) is 0 Å². The van der Waals surface area contributed by atoms with Crippen LogP contribution in [0.15, 0.2) is 34.2 Å². The molecule has 2 aromatic rings. The molecule has 0 fully saturated rings. The summed E-state index contributed by atoms with van der Waals surface area (Å²) >= 11 is 1.42. The van der Waals surface area contributed by atoms with Gasteiger partial charge in [-0.3, -0.25) is 9.36 Å². The number of nitriles is 2. The van der Waals surface area contributed by atoms with Crippen molar-refractivity contribution in [2.24, 2.45) is 11.8 Å². The lowest BCUT2D eigenvalue weighted by Gasteiger charge is -2.15. The summed E-state index contributed by atoms with van der Waals surface area (Å²) in [6.45, 7) is 4.70. The lowest BCUT2D eigenvalue weighted by atomic mass is 10.1. The average Bonchev–Trinajstić information content (AvgIpc) is 2.58. The zero-order valence-electron chi connectivity index (χ0n) is 13.9. The van der Waals surface area contributed by atoms with Crippen molar-refractivity contribution in [1.82, 2.24) is 9.55 Å². The Kier molecular flexibility index (Phi) is 6.40. The fourth-order valence-corrected chi connectivity index (χ4v) is 3.45. The molecular weight excluding hydrogens is 320 g/mol. The molecule has 1 aromatic heterocycles. The Balaban J connectivity index is 2.35. The molecule has 0 N–H and O–H groups in total. The average molecular weight is 340 g/mol. The second-order valence-electron chi connectivity index (χ2n) is 6.05. The third-order valence-corrected chi connectivity index (χ3v) is 4.71. The molecule has 0 radical (unpaired) electrons. The molecule has 0 aliphatic carbocycles. The van der Waals surface area contributed by atoms with E-state index in [4.69, 9.17) is 5.26 Å². The van der Waals surface area contributed by atoms with Crippen molar-refractivity contribution in [3.8, 4) is 12.1 Å². The molecule has 0 spiro atoms. The molecule has 24 heavy (non-hydrogen) atoms. The van der Waals surface area contributed by atoms with Gasteiger partial charge in [0.25, 0.3) is 5.56 Å². The van der Waals surface area contributed by atoms with Crippen molar-refractivity contribution in [3.63, 3.8) is 0 Å². The normalized spacial score (nSPS) is 12.0. The summed E-state index contributed by atoms with van der Waals surface area (Å²) < 4.78 is 1.70. The Hall–Kier alpha value is -2.31. The van der Waals surface area contributed by atoms with E-state index in [0.717, 1.165) is 0 Å². The van der Waals surface area contributed by atoms with E-state index >= 15 is 0 Å². The van der Waals surface area contributed by atoms with E-state index < -0.39 is 0 Å². The first-order valence-electron chi connectivity index (χ1n) is 7.95. The van der Waals surface area contributed by atoms with Crippen molar-refractivity contribution in [2.75, 3.05) is 5.75 Å².